The van der Waals surface area contributed by atoms with Crippen molar-refractivity contribution in [3.8, 4) is 0 Å². The molecule has 31 heavy (non-hydrogen) atoms. The number of ether oxygens (including phenoxy) is 2. The Hall–Kier alpha value is -3.73. The average molecular weight is 416 g/mol. The van der Waals surface area contributed by atoms with E-state index in [-0.39, 0.29) is 12.2 Å². The largest absolute Gasteiger partial charge is 0.462 e. The number of rotatable bonds is 7. The second-order valence-corrected chi connectivity index (χ2v) is 7.36. The zero-order valence-electron chi connectivity index (χ0n) is 17.5. The van der Waals surface area contributed by atoms with Gasteiger partial charge in [0, 0.05) is 6.42 Å². The minimum absolute atomic E-state index is 0.0998. The molecule has 3 aromatic rings. The fourth-order valence-corrected chi connectivity index (χ4v) is 3.05. The number of benzene rings is 3. The van der Waals surface area contributed by atoms with Gasteiger partial charge in [0.05, 0.1) is 23.3 Å². The van der Waals surface area contributed by atoms with E-state index in [4.69, 9.17) is 9.47 Å². The van der Waals surface area contributed by atoms with Crippen molar-refractivity contribution in [1.29, 1.82) is 0 Å². The van der Waals surface area contributed by atoms with E-state index in [1.165, 1.54) is 0 Å². The zero-order valence-corrected chi connectivity index (χ0v) is 17.5. The molecule has 5 nitrogen and oxygen atoms in total. The molecule has 0 fully saturated rings. The maximum absolute atomic E-state index is 12.6. The number of hydrogen-bond acceptors (Lipinski definition) is 5. The van der Waals surface area contributed by atoms with Gasteiger partial charge in [0.25, 0.3) is 0 Å². The first-order chi connectivity index (χ1) is 15.0. The van der Waals surface area contributed by atoms with Gasteiger partial charge >= 0.3 is 17.9 Å². The van der Waals surface area contributed by atoms with Crippen LogP contribution in [-0.4, -0.2) is 24.5 Å². The first-order valence-electron chi connectivity index (χ1n) is 10.1. The van der Waals surface area contributed by atoms with Gasteiger partial charge in [0.15, 0.2) is 0 Å². The van der Waals surface area contributed by atoms with Crippen molar-refractivity contribution < 1.29 is 23.9 Å². The monoisotopic (exact) mass is 416 g/mol. The van der Waals surface area contributed by atoms with E-state index in [2.05, 4.69) is 13.8 Å². The molecule has 3 rings (SSSR count). The van der Waals surface area contributed by atoms with Gasteiger partial charge in [0.2, 0.25) is 0 Å². The third-order valence-electron chi connectivity index (χ3n) is 4.85. The van der Waals surface area contributed by atoms with Crippen LogP contribution >= 0.6 is 0 Å². The molecule has 0 spiro atoms. The lowest BCUT2D eigenvalue weighted by Crippen LogP contribution is -2.16. The highest BCUT2D eigenvalue weighted by atomic mass is 16.6. The molecule has 0 aliphatic rings. The minimum Gasteiger partial charge on any atom is -0.462 e. The van der Waals surface area contributed by atoms with Crippen molar-refractivity contribution in [3.05, 3.63) is 107 Å². The Morgan fingerprint density at radius 2 is 1.32 bits per heavy atom. The molecule has 0 atom stereocenters. The van der Waals surface area contributed by atoms with Gasteiger partial charge in [-0.25, -0.2) is 14.4 Å². The van der Waals surface area contributed by atoms with E-state index in [0.717, 1.165) is 5.56 Å². The van der Waals surface area contributed by atoms with Crippen molar-refractivity contribution in [1.82, 2.24) is 0 Å². The molecule has 0 saturated heterocycles. The summed E-state index contributed by atoms with van der Waals surface area (Å²) in [6.45, 7) is 4.22. The van der Waals surface area contributed by atoms with Crippen molar-refractivity contribution in [2.75, 3.05) is 6.61 Å². The third-order valence-corrected chi connectivity index (χ3v) is 4.85. The lowest BCUT2D eigenvalue weighted by molar-refractivity contribution is 0.0397. The lowest BCUT2D eigenvalue weighted by Gasteiger charge is -2.10. The first-order valence-corrected chi connectivity index (χ1v) is 10.1. The molecule has 0 unspecified atom stereocenters. The highest BCUT2D eigenvalue weighted by Gasteiger charge is 2.18. The molecule has 0 aliphatic carbocycles. The van der Waals surface area contributed by atoms with Crippen molar-refractivity contribution in [3.63, 3.8) is 0 Å². The first kappa shape index (κ1) is 22.0. The fraction of sp³-hybridized carbons (Fsp3) is 0.192. The molecule has 5 heteroatoms. The molecule has 0 aliphatic heterocycles. The van der Waals surface area contributed by atoms with Crippen molar-refractivity contribution in [2.24, 2.45) is 0 Å². The van der Waals surface area contributed by atoms with Gasteiger partial charge in [-0.15, -0.1) is 0 Å². The van der Waals surface area contributed by atoms with Crippen LogP contribution in [0.4, 0.5) is 0 Å². The summed E-state index contributed by atoms with van der Waals surface area (Å²) < 4.78 is 10.4. The highest BCUT2D eigenvalue weighted by Crippen LogP contribution is 2.17. The Kier molecular flexibility index (Phi) is 7.33. The Morgan fingerprint density at radius 3 is 2.00 bits per heavy atom. The van der Waals surface area contributed by atoms with Crippen molar-refractivity contribution in [2.45, 2.75) is 26.2 Å². The van der Waals surface area contributed by atoms with Crippen LogP contribution in [0.3, 0.4) is 0 Å². The van der Waals surface area contributed by atoms with Crippen LogP contribution in [-0.2, 0) is 15.9 Å². The molecule has 0 N–H and O–H groups in total. The maximum atomic E-state index is 12.6. The highest BCUT2D eigenvalue weighted by molar-refractivity contribution is 6.03. The van der Waals surface area contributed by atoms with Gasteiger partial charge in [0.1, 0.15) is 0 Å². The van der Waals surface area contributed by atoms with Crippen LogP contribution in [0.25, 0.3) is 0 Å². The molecule has 0 aromatic heterocycles. The predicted molar refractivity (Wildman–Crippen MR) is 117 cm³/mol. The second kappa shape index (κ2) is 10.3. The minimum atomic E-state index is -0.733. The number of carbonyl (C=O) groups is 3. The standard InChI is InChI=1S/C26H24O5/c1-18(2)19-12-14-22(15-13-19)25(28)31-26(29)23-11-7-6-8-20(23)16-17-30-24(27)21-9-4-3-5-10-21/h3-15,18H,16-17H2,1-2H3. The molecule has 0 heterocycles. The van der Waals surface area contributed by atoms with Crippen LogP contribution < -0.4 is 0 Å². The van der Waals surface area contributed by atoms with E-state index >= 15 is 0 Å². The number of esters is 3. The summed E-state index contributed by atoms with van der Waals surface area (Å²) in [7, 11) is 0. The van der Waals surface area contributed by atoms with E-state index in [1.54, 1.807) is 60.7 Å². The number of carbonyl (C=O) groups excluding carboxylic acids is 3. The molecule has 0 radical (unpaired) electrons. The van der Waals surface area contributed by atoms with Crippen LogP contribution in [0.2, 0.25) is 0 Å². The number of hydrogen-bond donors (Lipinski definition) is 0. The summed E-state index contributed by atoms with van der Waals surface area (Å²) in [4.78, 5) is 37.0. The van der Waals surface area contributed by atoms with Crippen LogP contribution in [0, 0.1) is 0 Å². The molecule has 158 valence electrons. The third kappa shape index (κ3) is 5.89. The summed E-state index contributed by atoms with van der Waals surface area (Å²) in [5, 5.41) is 0. The normalized spacial score (nSPS) is 10.5. The van der Waals surface area contributed by atoms with Gasteiger partial charge in [-0.3, -0.25) is 0 Å². The van der Waals surface area contributed by atoms with E-state index in [1.807, 2.05) is 18.2 Å². The Labute approximate surface area is 181 Å². The Bertz CT molecular complexity index is 1050. The van der Waals surface area contributed by atoms with Crippen LogP contribution in [0.1, 0.15) is 62.0 Å². The van der Waals surface area contributed by atoms with Crippen LogP contribution in [0.5, 0.6) is 0 Å². The predicted octanol–water partition coefficient (Wildman–Crippen LogP) is 5.21. The second-order valence-electron chi connectivity index (χ2n) is 7.36. The summed E-state index contributed by atoms with van der Waals surface area (Å²) in [6, 6.07) is 22.5. The fourth-order valence-electron chi connectivity index (χ4n) is 3.05. The van der Waals surface area contributed by atoms with E-state index < -0.39 is 17.9 Å². The molecule has 3 aromatic carbocycles. The summed E-state index contributed by atoms with van der Waals surface area (Å²) in [5.41, 5.74) is 2.77. The Morgan fingerprint density at radius 1 is 0.710 bits per heavy atom. The van der Waals surface area contributed by atoms with Gasteiger partial charge in [-0.2, -0.15) is 0 Å². The maximum Gasteiger partial charge on any atom is 0.346 e. The molecular formula is C26H24O5. The van der Waals surface area contributed by atoms with Gasteiger partial charge in [-0.05, 0) is 47.4 Å². The molecule has 0 saturated carbocycles. The van der Waals surface area contributed by atoms with Crippen LogP contribution in [0.15, 0.2) is 78.9 Å². The molecular weight excluding hydrogens is 392 g/mol. The van der Waals surface area contributed by atoms with E-state index in [0.29, 0.717) is 29.0 Å². The van der Waals surface area contributed by atoms with E-state index in [9.17, 15) is 14.4 Å². The summed E-state index contributed by atoms with van der Waals surface area (Å²) >= 11 is 0. The topological polar surface area (TPSA) is 69.7 Å². The van der Waals surface area contributed by atoms with Gasteiger partial charge in [-0.1, -0.05) is 62.4 Å². The van der Waals surface area contributed by atoms with Crippen molar-refractivity contribution >= 4 is 17.9 Å². The molecule has 0 amide bonds. The van der Waals surface area contributed by atoms with Gasteiger partial charge < -0.3 is 9.47 Å². The Balaban J connectivity index is 1.61. The summed E-state index contributed by atoms with van der Waals surface area (Å²) in [6.07, 6.45) is 0.321. The SMILES string of the molecule is CC(C)c1ccc(C(=O)OC(=O)c2ccccc2CCOC(=O)c2ccccc2)cc1. The smallest absolute Gasteiger partial charge is 0.346 e. The quantitative estimate of drug-likeness (QED) is 0.391. The molecule has 0 bridgehead atoms. The average Bonchev–Trinajstić information content (AvgIpc) is 2.79. The lowest BCUT2D eigenvalue weighted by atomic mass is 10.0. The zero-order chi connectivity index (χ0) is 22.2. The summed E-state index contributed by atoms with van der Waals surface area (Å²) in [5.74, 6) is -1.52.